The van der Waals surface area contributed by atoms with Crippen molar-refractivity contribution in [3.05, 3.63) is 66.7 Å². The van der Waals surface area contributed by atoms with E-state index in [9.17, 15) is 4.79 Å². The molecule has 0 atom stereocenters. The van der Waals surface area contributed by atoms with Gasteiger partial charge in [0.25, 0.3) is 0 Å². The molecule has 1 aliphatic rings. The molecule has 0 saturated carbocycles. The lowest BCUT2D eigenvalue weighted by atomic mass is 10.1. The van der Waals surface area contributed by atoms with Gasteiger partial charge in [-0.15, -0.1) is 0 Å². The van der Waals surface area contributed by atoms with Gasteiger partial charge in [-0.2, -0.15) is 0 Å². The fourth-order valence-electron chi connectivity index (χ4n) is 3.07. The smallest absolute Gasteiger partial charge is 0.246 e. The van der Waals surface area contributed by atoms with Crippen LogP contribution in [0.3, 0.4) is 0 Å². The minimum absolute atomic E-state index is 0.0650. The van der Waals surface area contributed by atoms with E-state index in [1.807, 2.05) is 48.5 Å². The van der Waals surface area contributed by atoms with Crippen molar-refractivity contribution in [1.29, 1.82) is 0 Å². The molecule has 0 bridgehead atoms. The number of nitrogens with one attached hydrogen (secondary N) is 1. The van der Waals surface area contributed by atoms with E-state index in [1.165, 1.54) is 0 Å². The summed E-state index contributed by atoms with van der Waals surface area (Å²) in [7, 11) is 0. The Balaban J connectivity index is 1.50. The number of benzene rings is 3. The Morgan fingerprint density at radius 3 is 2.71 bits per heavy atom. The van der Waals surface area contributed by atoms with Crippen LogP contribution < -0.4 is 15.0 Å². The molecule has 1 aliphatic heterocycles. The summed E-state index contributed by atoms with van der Waals surface area (Å²) in [5.74, 6) is 0.916. The lowest BCUT2D eigenvalue weighted by molar-refractivity contribution is -0.117. The van der Waals surface area contributed by atoms with Gasteiger partial charge in [-0.1, -0.05) is 48.5 Å². The summed E-state index contributed by atoms with van der Waals surface area (Å²) >= 11 is 0. The van der Waals surface area contributed by atoms with E-state index in [0.29, 0.717) is 19.7 Å². The van der Waals surface area contributed by atoms with Gasteiger partial charge in [0, 0.05) is 5.39 Å². The zero-order valence-corrected chi connectivity index (χ0v) is 13.2. The van der Waals surface area contributed by atoms with E-state index in [0.717, 1.165) is 27.9 Å². The Bertz CT molecular complexity index is 886. The number of para-hydroxylation sites is 2. The van der Waals surface area contributed by atoms with Crippen LogP contribution in [0.2, 0.25) is 0 Å². The maximum absolute atomic E-state index is 12.2. The highest BCUT2D eigenvalue weighted by Crippen LogP contribution is 2.29. The number of amides is 1. The largest absolute Gasteiger partial charge is 0.491 e. The average Bonchev–Trinajstić information content (AvgIpc) is 2.64. The second-order valence-corrected chi connectivity index (χ2v) is 5.74. The first-order chi connectivity index (χ1) is 11.8. The zero-order chi connectivity index (χ0) is 16.4. The van der Waals surface area contributed by atoms with Crippen molar-refractivity contribution >= 4 is 28.1 Å². The number of hydrogen-bond acceptors (Lipinski definition) is 3. The first-order valence-corrected chi connectivity index (χ1v) is 8.07. The molecular formula is C20H18N2O2. The monoisotopic (exact) mass is 318 g/mol. The third-order valence-electron chi connectivity index (χ3n) is 4.25. The summed E-state index contributed by atoms with van der Waals surface area (Å²) in [6.07, 6.45) is 0. The van der Waals surface area contributed by atoms with Gasteiger partial charge in [-0.05, 0) is 23.6 Å². The number of anilines is 2. The number of carbonyl (C=O) groups is 1. The number of carbonyl (C=O) groups excluding carboxylic acids is 1. The van der Waals surface area contributed by atoms with Gasteiger partial charge in [0.2, 0.25) is 5.91 Å². The van der Waals surface area contributed by atoms with Crippen LogP contribution in [-0.4, -0.2) is 25.6 Å². The minimum atomic E-state index is 0.0650. The first-order valence-electron chi connectivity index (χ1n) is 8.07. The molecule has 1 amide bonds. The molecule has 4 nitrogen and oxygen atoms in total. The lowest BCUT2D eigenvalue weighted by Crippen LogP contribution is -2.42. The highest BCUT2D eigenvalue weighted by atomic mass is 16.5. The Morgan fingerprint density at radius 2 is 1.75 bits per heavy atom. The van der Waals surface area contributed by atoms with Crippen LogP contribution in [0.15, 0.2) is 66.7 Å². The summed E-state index contributed by atoms with van der Waals surface area (Å²) in [5.41, 5.74) is 1.90. The maximum atomic E-state index is 12.2. The van der Waals surface area contributed by atoms with Crippen LogP contribution in [0.25, 0.3) is 10.8 Å². The van der Waals surface area contributed by atoms with Gasteiger partial charge in [0.1, 0.15) is 12.4 Å². The van der Waals surface area contributed by atoms with E-state index in [1.54, 1.807) is 4.90 Å². The van der Waals surface area contributed by atoms with Gasteiger partial charge in [-0.3, -0.25) is 4.79 Å². The van der Waals surface area contributed by atoms with Crippen molar-refractivity contribution in [2.24, 2.45) is 0 Å². The molecule has 4 rings (SSSR count). The molecule has 0 saturated heterocycles. The second kappa shape index (κ2) is 6.24. The van der Waals surface area contributed by atoms with Crippen molar-refractivity contribution in [2.75, 3.05) is 29.9 Å². The standard InChI is InChI=1S/C20H18N2O2/c23-20-14-21-17-9-3-4-10-18(17)22(20)12-13-24-19-11-5-7-15-6-1-2-8-16(15)19/h1-11,21H,12-14H2. The molecule has 3 aromatic rings. The maximum Gasteiger partial charge on any atom is 0.246 e. The predicted octanol–water partition coefficient (Wildman–Crippen LogP) is 3.68. The summed E-state index contributed by atoms with van der Waals surface area (Å²) in [6, 6.07) is 22.0. The summed E-state index contributed by atoms with van der Waals surface area (Å²) in [6.45, 7) is 1.31. The Hall–Kier alpha value is -3.01. The van der Waals surface area contributed by atoms with Gasteiger partial charge in [0.15, 0.2) is 0 Å². The third-order valence-corrected chi connectivity index (χ3v) is 4.25. The van der Waals surface area contributed by atoms with E-state index in [-0.39, 0.29) is 5.91 Å². The fourth-order valence-corrected chi connectivity index (χ4v) is 3.07. The molecule has 0 spiro atoms. The molecule has 0 unspecified atom stereocenters. The number of fused-ring (bicyclic) bond motifs is 2. The lowest BCUT2D eigenvalue weighted by Gasteiger charge is -2.30. The Morgan fingerprint density at radius 1 is 0.958 bits per heavy atom. The van der Waals surface area contributed by atoms with Gasteiger partial charge in [0.05, 0.1) is 24.5 Å². The Labute approximate surface area is 140 Å². The number of nitrogens with zero attached hydrogens (tertiary/aromatic N) is 1. The van der Waals surface area contributed by atoms with Crippen molar-refractivity contribution < 1.29 is 9.53 Å². The topological polar surface area (TPSA) is 41.6 Å². The van der Waals surface area contributed by atoms with Gasteiger partial charge >= 0.3 is 0 Å². The fraction of sp³-hybridized carbons (Fsp3) is 0.150. The zero-order valence-electron chi connectivity index (χ0n) is 13.2. The quantitative estimate of drug-likeness (QED) is 0.798. The van der Waals surface area contributed by atoms with Crippen molar-refractivity contribution in [3.8, 4) is 5.75 Å². The SMILES string of the molecule is O=C1CNc2ccccc2N1CCOc1cccc2ccccc12. The molecule has 24 heavy (non-hydrogen) atoms. The average molecular weight is 318 g/mol. The molecule has 0 aromatic heterocycles. The van der Waals surface area contributed by atoms with Crippen LogP contribution in [0.4, 0.5) is 11.4 Å². The van der Waals surface area contributed by atoms with Crippen LogP contribution in [0.1, 0.15) is 0 Å². The summed E-state index contributed by atoms with van der Waals surface area (Å²) < 4.78 is 5.97. The van der Waals surface area contributed by atoms with Crippen LogP contribution in [-0.2, 0) is 4.79 Å². The van der Waals surface area contributed by atoms with Crippen LogP contribution in [0, 0.1) is 0 Å². The molecule has 1 heterocycles. The van der Waals surface area contributed by atoms with Crippen LogP contribution in [0.5, 0.6) is 5.75 Å². The summed E-state index contributed by atoms with van der Waals surface area (Å²) in [5, 5.41) is 5.38. The van der Waals surface area contributed by atoms with E-state index in [4.69, 9.17) is 4.74 Å². The molecule has 1 N–H and O–H groups in total. The van der Waals surface area contributed by atoms with Gasteiger partial charge < -0.3 is 15.0 Å². The highest BCUT2D eigenvalue weighted by Gasteiger charge is 2.23. The highest BCUT2D eigenvalue weighted by molar-refractivity contribution is 6.02. The van der Waals surface area contributed by atoms with Gasteiger partial charge in [-0.25, -0.2) is 0 Å². The normalized spacial score (nSPS) is 13.5. The molecule has 120 valence electrons. The predicted molar refractivity (Wildman–Crippen MR) is 96.7 cm³/mol. The van der Waals surface area contributed by atoms with Crippen molar-refractivity contribution in [2.45, 2.75) is 0 Å². The third kappa shape index (κ3) is 2.67. The molecule has 0 aliphatic carbocycles. The van der Waals surface area contributed by atoms with E-state index in [2.05, 4.69) is 23.5 Å². The second-order valence-electron chi connectivity index (χ2n) is 5.74. The van der Waals surface area contributed by atoms with Crippen LogP contribution >= 0.6 is 0 Å². The number of rotatable bonds is 4. The van der Waals surface area contributed by atoms with Crippen molar-refractivity contribution in [1.82, 2.24) is 0 Å². The molecule has 0 radical (unpaired) electrons. The molecular weight excluding hydrogens is 300 g/mol. The molecule has 0 fully saturated rings. The van der Waals surface area contributed by atoms with E-state index >= 15 is 0 Å². The Kier molecular flexibility index (Phi) is 3.79. The van der Waals surface area contributed by atoms with E-state index < -0.39 is 0 Å². The minimum Gasteiger partial charge on any atom is -0.491 e. The molecule has 4 heteroatoms. The first kappa shape index (κ1) is 14.6. The van der Waals surface area contributed by atoms with Crippen molar-refractivity contribution in [3.63, 3.8) is 0 Å². The number of hydrogen-bond donors (Lipinski definition) is 1. The molecule has 3 aromatic carbocycles. The number of ether oxygens (including phenoxy) is 1. The summed E-state index contributed by atoms with van der Waals surface area (Å²) in [4.78, 5) is 14.0.